The summed E-state index contributed by atoms with van der Waals surface area (Å²) in [6, 6.07) is 7.34. The molecule has 5 nitrogen and oxygen atoms in total. The number of hydrogen-bond donors (Lipinski definition) is 2. The third-order valence-corrected chi connectivity index (χ3v) is 2.35. The predicted molar refractivity (Wildman–Crippen MR) is 64.5 cm³/mol. The molecule has 5 heteroatoms. The highest BCUT2D eigenvalue weighted by Gasteiger charge is 1.97. The van der Waals surface area contributed by atoms with Crippen molar-refractivity contribution in [3.63, 3.8) is 0 Å². The number of benzene rings is 1. The molecule has 0 aliphatic rings. The number of aromatic nitrogens is 2. The van der Waals surface area contributed by atoms with Crippen molar-refractivity contribution in [2.24, 2.45) is 0 Å². The molecule has 1 aromatic heterocycles. The van der Waals surface area contributed by atoms with Crippen LogP contribution in [0, 0.1) is 0 Å². The maximum absolute atomic E-state index is 8.89. The molecule has 0 aliphatic carbocycles. The van der Waals surface area contributed by atoms with Crippen molar-refractivity contribution in [1.29, 1.82) is 0 Å². The van der Waals surface area contributed by atoms with E-state index in [1.54, 1.807) is 17.1 Å². The van der Waals surface area contributed by atoms with Gasteiger partial charge in [-0.25, -0.2) is 0 Å². The van der Waals surface area contributed by atoms with Crippen LogP contribution in [0.25, 0.3) is 0 Å². The van der Waals surface area contributed by atoms with Crippen LogP contribution in [-0.4, -0.2) is 21.5 Å². The number of hydrogen-bond acceptors (Lipinski definition) is 4. The molecule has 0 atom stereocenters. The molecule has 2 aromatic rings. The Bertz CT molecular complexity index is 465. The number of nitrogens with two attached hydrogens (primary N) is 1. The van der Waals surface area contributed by atoms with E-state index in [0.29, 0.717) is 18.8 Å². The lowest BCUT2D eigenvalue weighted by atomic mass is 10.2. The number of nitrogen functional groups attached to an aromatic ring is 1. The highest BCUT2D eigenvalue weighted by atomic mass is 16.5. The van der Waals surface area contributed by atoms with Gasteiger partial charge in [0.25, 0.3) is 0 Å². The molecule has 17 heavy (non-hydrogen) atoms. The molecule has 3 N–H and O–H groups in total. The molecular formula is C12H15N3O2. The molecule has 0 spiro atoms. The molecule has 0 amide bonds. The predicted octanol–water partition coefficient (Wildman–Crippen LogP) is 1.04. The lowest BCUT2D eigenvalue weighted by Crippen LogP contribution is -2.08. The van der Waals surface area contributed by atoms with Crippen molar-refractivity contribution in [2.45, 2.75) is 13.2 Å². The minimum Gasteiger partial charge on any atom is -0.492 e. The number of anilines is 1. The minimum absolute atomic E-state index is 0.0485. The van der Waals surface area contributed by atoms with E-state index in [-0.39, 0.29) is 6.61 Å². The zero-order chi connectivity index (χ0) is 12.1. The van der Waals surface area contributed by atoms with Crippen molar-refractivity contribution in [3.8, 4) is 5.75 Å². The summed E-state index contributed by atoms with van der Waals surface area (Å²) in [5.41, 5.74) is 7.07. The first-order chi connectivity index (χ1) is 8.28. The van der Waals surface area contributed by atoms with Crippen molar-refractivity contribution in [2.75, 3.05) is 12.3 Å². The molecule has 1 aromatic carbocycles. The van der Waals surface area contributed by atoms with Crippen molar-refractivity contribution < 1.29 is 9.84 Å². The highest BCUT2D eigenvalue weighted by Crippen LogP contribution is 2.12. The van der Waals surface area contributed by atoms with Gasteiger partial charge in [-0.2, -0.15) is 5.10 Å². The summed E-state index contributed by atoms with van der Waals surface area (Å²) in [6.45, 7) is 1.23. The maximum Gasteiger partial charge on any atom is 0.119 e. The molecule has 0 unspecified atom stereocenters. The van der Waals surface area contributed by atoms with Crippen LogP contribution in [0.4, 0.5) is 5.69 Å². The normalized spacial score (nSPS) is 10.4. The van der Waals surface area contributed by atoms with Gasteiger partial charge in [-0.05, 0) is 17.7 Å². The fraction of sp³-hybridized carbons (Fsp3) is 0.250. The summed E-state index contributed by atoms with van der Waals surface area (Å²) >= 11 is 0. The number of aliphatic hydroxyl groups is 1. The number of nitrogens with zero attached hydrogens (tertiary/aromatic N) is 2. The van der Waals surface area contributed by atoms with E-state index in [4.69, 9.17) is 15.6 Å². The Morgan fingerprint density at radius 3 is 2.65 bits per heavy atom. The van der Waals surface area contributed by atoms with Crippen LogP contribution in [0.5, 0.6) is 5.75 Å². The van der Waals surface area contributed by atoms with Gasteiger partial charge in [0.2, 0.25) is 0 Å². The van der Waals surface area contributed by atoms with Crippen LogP contribution >= 0.6 is 0 Å². The molecular weight excluding hydrogens is 218 g/mol. The van der Waals surface area contributed by atoms with Crippen LogP contribution in [0.3, 0.4) is 0 Å². The first kappa shape index (κ1) is 11.5. The van der Waals surface area contributed by atoms with E-state index < -0.39 is 0 Å². The average Bonchev–Trinajstić information content (AvgIpc) is 2.76. The smallest absolute Gasteiger partial charge is 0.119 e. The van der Waals surface area contributed by atoms with Gasteiger partial charge in [0.15, 0.2) is 0 Å². The first-order valence-electron chi connectivity index (χ1n) is 5.38. The quantitative estimate of drug-likeness (QED) is 0.809. The fourth-order valence-electron chi connectivity index (χ4n) is 1.45. The van der Waals surface area contributed by atoms with Gasteiger partial charge in [-0.3, -0.25) is 4.68 Å². The number of rotatable bonds is 5. The van der Waals surface area contributed by atoms with Gasteiger partial charge in [0, 0.05) is 6.20 Å². The molecule has 90 valence electrons. The van der Waals surface area contributed by atoms with E-state index in [0.717, 1.165) is 11.3 Å². The second-order valence-corrected chi connectivity index (χ2v) is 3.69. The van der Waals surface area contributed by atoms with Gasteiger partial charge in [0.1, 0.15) is 12.4 Å². The summed E-state index contributed by atoms with van der Waals surface area (Å²) in [6.07, 6.45) is 3.37. The summed E-state index contributed by atoms with van der Waals surface area (Å²) < 4.78 is 7.27. The van der Waals surface area contributed by atoms with Crippen molar-refractivity contribution >= 4 is 5.69 Å². The Morgan fingerprint density at radius 2 is 2.06 bits per heavy atom. The molecule has 0 saturated carbocycles. The largest absolute Gasteiger partial charge is 0.492 e. The SMILES string of the molecule is Nc1cnn(CCOc2ccc(CO)cc2)c1. The summed E-state index contributed by atoms with van der Waals surface area (Å²) in [7, 11) is 0. The van der Waals surface area contributed by atoms with Gasteiger partial charge < -0.3 is 15.6 Å². The third-order valence-electron chi connectivity index (χ3n) is 2.35. The van der Waals surface area contributed by atoms with E-state index >= 15 is 0 Å². The fourth-order valence-corrected chi connectivity index (χ4v) is 1.45. The second-order valence-electron chi connectivity index (χ2n) is 3.69. The lowest BCUT2D eigenvalue weighted by Gasteiger charge is -2.06. The van der Waals surface area contributed by atoms with E-state index in [9.17, 15) is 0 Å². The van der Waals surface area contributed by atoms with Crippen LogP contribution in [-0.2, 0) is 13.2 Å². The van der Waals surface area contributed by atoms with Crippen LogP contribution in [0.15, 0.2) is 36.7 Å². The Morgan fingerprint density at radius 1 is 1.29 bits per heavy atom. The Kier molecular flexibility index (Phi) is 3.62. The molecule has 1 heterocycles. The zero-order valence-electron chi connectivity index (χ0n) is 9.41. The second kappa shape index (κ2) is 5.36. The summed E-state index contributed by atoms with van der Waals surface area (Å²) in [5.74, 6) is 0.780. The van der Waals surface area contributed by atoms with Gasteiger partial charge in [-0.1, -0.05) is 12.1 Å². The van der Waals surface area contributed by atoms with Crippen LogP contribution < -0.4 is 10.5 Å². The highest BCUT2D eigenvalue weighted by molar-refractivity contribution is 5.30. The molecule has 0 aliphatic heterocycles. The third kappa shape index (κ3) is 3.22. The van der Waals surface area contributed by atoms with E-state index in [2.05, 4.69) is 5.10 Å². The Balaban J connectivity index is 1.81. The molecule has 0 bridgehead atoms. The molecule has 0 saturated heterocycles. The molecule has 2 rings (SSSR count). The summed E-state index contributed by atoms with van der Waals surface area (Å²) in [5, 5.41) is 12.9. The first-order valence-corrected chi connectivity index (χ1v) is 5.38. The topological polar surface area (TPSA) is 73.3 Å². The van der Waals surface area contributed by atoms with Crippen LogP contribution in [0.2, 0.25) is 0 Å². The maximum atomic E-state index is 8.89. The monoisotopic (exact) mass is 233 g/mol. The van der Waals surface area contributed by atoms with Crippen molar-refractivity contribution in [3.05, 3.63) is 42.2 Å². The standard InChI is InChI=1S/C12H15N3O2/c13-11-7-14-15(8-11)5-6-17-12-3-1-10(9-16)2-4-12/h1-4,7-8,16H,5-6,9,13H2. The van der Waals surface area contributed by atoms with E-state index in [1.807, 2.05) is 24.3 Å². The van der Waals surface area contributed by atoms with E-state index in [1.165, 1.54) is 0 Å². The van der Waals surface area contributed by atoms with Gasteiger partial charge >= 0.3 is 0 Å². The molecule has 0 fully saturated rings. The summed E-state index contributed by atoms with van der Waals surface area (Å²) in [4.78, 5) is 0. The minimum atomic E-state index is 0.0485. The zero-order valence-corrected chi connectivity index (χ0v) is 9.41. The lowest BCUT2D eigenvalue weighted by molar-refractivity contribution is 0.280. The Labute approximate surface area is 99.4 Å². The number of aliphatic hydroxyl groups excluding tert-OH is 1. The van der Waals surface area contributed by atoms with Gasteiger partial charge in [0.05, 0.1) is 25.0 Å². The Hall–Kier alpha value is -2.01. The van der Waals surface area contributed by atoms with Crippen molar-refractivity contribution in [1.82, 2.24) is 9.78 Å². The van der Waals surface area contributed by atoms with Gasteiger partial charge in [-0.15, -0.1) is 0 Å². The molecule has 0 radical (unpaired) electrons. The number of ether oxygens (including phenoxy) is 1. The average molecular weight is 233 g/mol. The van der Waals surface area contributed by atoms with Crippen LogP contribution in [0.1, 0.15) is 5.56 Å².